The molecule has 14 heavy (non-hydrogen) atoms. The zero-order valence-corrected chi connectivity index (χ0v) is 9.15. The molecule has 0 heterocycles. The van der Waals surface area contributed by atoms with Crippen molar-refractivity contribution in [2.24, 2.45) is 5.92 Å². The lowest BCUT2D eigenvalue weighted by molar-refractivity contribution is -0.138. The number of carboxylic acids is 1. The third kappa shape index (κ3) is 8.19. The van der Waals surface area contributed by atoms with Crippen LogP contribution in [-0.2, 0) is 9.36 Å². The van der Waals surface area contributed by atoms with Crippen molar-refractivity contribution in [2.45, 2.75) is 13.8 Å². The Bertz CT molecular complexity index is 236. The fraction of sp³-hybridized carbons (Fsp3) is 0.857. The maximum atomic E-state index is 10.7. The first-order valence-electron chi connectivity index (χ1n) is 4.19. The van der Waals surface area contributed by atoms with Crippen molar-refractivity contribution in [3.05, 3.63) is 0 Å². The van der Waals surface area contributed by atoms with Crippen molar-refractivity contribution in [3.8, 4) is 0 Å². The highest BCUT2D eigenvalue weighted by Gasteiger charge is 2.21. The van der Waals surface area contributed by atoms with Crippen LogP contribution in [0.5, 0.6) is 0 Å². The molecule has 0 aliphatic rings. The Morgan fingerprint density at radius 2 is 1.93 bits per heavy atom. The molecule has 6 nitrogen and oxygen atoms in total. The smallest absolute Gasteiger partial charge is 0.339 e. The van der Waals surface area contributed by atoms with E-state index in [-0.39, 0.29) is 12.5 Å². The largest absolute Gasteiger partial charge is 0.480 e. The van der Waals surface area contributed by atoms with Crippen LogP contribution in [0, 0.1) is 5.92 Å². The van der Waals surface area contributed by atoms with Crippen molar-refractivity contribution in [1.82, 2.24) is 4.90 Å². The Labute approximate surface area is 82.7 Å². The highest BCUT2D eigenvalue weighted by Crippen LogP contribution is 2.35. The molecule has 0 aromatic heterocycles. The van der Waals surface area contributed by atoms with E-state index in [1.165, 1.54) is 4.90 Å². The SMILES string of the molecule is CC(C)CN(CC(=O)O)CP(=O)(O)O. The summed E-state index contributed by atoms with van der Waals surface area (Å²) in [6.45, 7) is 3.73. The molecule has 0 saturated carbocycles. The summed E-state index contributed by atoms with van der Waals surface area (Å²) in [5.41, 5.74) is 0. The molecule has 0 amide bonds. The second kappa shape index (κ2) is 5.46. The average molecular weight is 225 g/mol. The summed E-state index contributed by atoms with van der Waals surface area (Å²) < 4.78 is 10.7. The molecule has 7 heteroatoms. The lowest BCUT2D eigenvalue weighted by atomic mass is 10.2. The van der Waals surface area contributed by atoms with Gasteiger partial charge in [0, 0.05) is 6.54 Å². The van der Waals surface area contributed by atoms with Gasteiger partial charge in [-0.3, -0.25) is 14.3 Å². The van der Waals surface area contributed by atoms with Crippen molar-refractivity contribution in [1.29, 1.82) is 0 Å². The first-order chi connectivity index (χ1) is 6.20. The van der Waals surface area contributed by atoms with Gasteiger partial charge in [0.25, 0.3) is 0 Å². The molecule has 0 aliphatic heterocycles. The zero-order chi connectivity index (χ0) is 11.4. The van der Waals surface area contributed by atoms with E-state index < -0.39 is 19.9 Å². The Kier molecular flexibility index (Phi) is 5.29. The standard InChI is InChI=1S/C7H16NO5P/c1-6(2)3-8(4-7(9)10)5-14(11,12)13/h6H,3-5H2,1-2H3,(H,9,10)(H2,11,12,13). The highest BCUT2D eigenvalue weighted by atomic mass is 31.2. The third-order valence-corrected chi connectivity index (χ3v) is 2.13. The van der Waals surface area contributed by atoms with Crippen molar-refractivity contribution >= 4 is 13.6 Å². The van der Waals surface area contributed by atoms with Crippen LogP contribution < -0.4 is 0 Å². The van der Waals surface area contributed by atoms with Crippen LogP contribution in [0.4, 0.5) is 0 Å². The lowest BCUT2D eigenvalue weighted by Gasteiger charge is -2.22. The van der Waals surface area contributed by atoms with Crippen LogP contribution in [0.15, 0.2) is 0 Å². The Morgan fingerprint density at radius 1 is 1.43 bits per heavy atom. The summed E-state index contributed by atoms with van der Waals surface area (Å²) in [5.74, 6) is -0.917. The molecule has 3 N–H and O–H groups in total. The summed E-state index contributed by atoms with van der Waals surface area (Å²) in [6.07, 6.45) is -0.502. The molecule has 0 aromatic rings. The molecule has 0 rings (SSSR count). The monoisotopic (exact) mass is 225 g/mol. The van der Waals surface area contributed by atoms with E-state index in [1.807, 2.05) is 13.8 Å². The first-order valence-corrected chi connectivity index (χ1v) is 5.99. The molecule has 0 fully saturated rings. The fourth-order valence-corrected chi connectivity index (χ4v) is 1.88. The first kappa shape index (κ1) is 13.6. The van der Waals surface area contributed by atoms with Gasteiger partial charge in [0.2, 0.25) is 0 Å². The Balaban J connectivity index is 4.25. The van der Waals surface area contributed by atoms with E-state index in [2.05, 4.69) is 0 Å². The van der Waals surface area contributed by atoms with E-state index in [1.54, 1.807) is 0 Å². The predicted molar refractivity (Wildman–Crippen MR) is 51.0 cm³/mol. The Morgan fingerprint density at radius 3 is 2.21 bits per heavy atom. The summed E-state index contributed by atoms with van der Waals surface area (Å²) in [7, 11) is -4.17. The minimum Gasteiger partial charge on any atom is -0.480 e. The molecule has 0 spiro atoms. The number of hydrogen-bond donors (Lipinski definition) is 3. The van der Waals surface area contributed by atoms with E-state index in [0.29, 0.717) is 6.54 Å². The van der Waals surface area contributed by atoms with Gasteiger partial charge in [0.15, 0.2) is 0 Å². The van der Waals surface area contributed by atoms with Gasteiger partial charge < -0.3 is 14.9 Å². The van der Waals surface area contributed by atoms with Crippen LogP contribution >= 0.6 is 7.60 Å². The lowest BCUT2D eigenvalue weighted by Crippen LogP contribution is -2.33. The maximum Gasteiger partial charge on any atom is 0.339 e. The molecule has 0 radical (unpaired) electrons. The van der Waals surface area contributed by atoms with Gasteiger partial charge >= 0.3 is 13.6 Å². The molecule has 0 atom stereocenters. The topological polar surface area (TPSA) is 98.1 Å². The van der Waals surface area contributed by atoms with Crippen molar-refractivity contribution in [3.63, 3.8) is 0 Å². The van der Waals surface area contributed by atoms with Gasteiger partial charge in [-0.15, -0.1) is 0 Å². The number of nitrogens with zero attached hydrogens (tertiary/aromatic N) is 1. The highest BCUT2D eigenvalue weighted by molar-refractivity contribution is 7.51. The van der Waals surface area contributed by atoms with Gasteiger partial charge in [-0.2, -0.15) is 0 Å². The van der Waals surface area contributed by atoms with Crippen LogP contribution in [0.3, 0.4) is 0 Å². The van der Waals surface area contributed by atoms with Crippen LogP contribution in [0.25, 0.3) is 0 Å². The van der Waals surface area contributed by atoms with Crippen LogP contribution in [-0.4, -0.2) is 45.1 Å². The normalized spacial score (nSPS) is 12.4. The molecule has 0 aliphatic carbocycles. The van der Waals surface area contributed by atoms with E-state index in [0.717, 1.165) is 0 Å². The van der Waals surface area contributed by atoms with Gasteiger partial charge in [-0.05, 0) is 5.92 Å². The van der Waals surface area contributed by atoms with E-state index in [9.17, 15) is 9.36 Å². The van der Waals surface area contributed by atoms with Crippen molar-refractivity contribution < 1.29 is 24.3 Å². The van der Waals surface area contributed by atoms with Gasteiger partial charge in [-0.25, -0.2) is 0 Å². The fourth-order valence-electron chi connectivity index (χ4n) is 1.14. The maximum absolute atomic E-state index is 10.7. The quantitative estimate of drug-likeness (QED) is 0.557. The molecule has 0 saturated heterocycles. The number of carbonyl (C=O) groups is 1. The summed E-state index contributed by atoms with van der Waals surface area (Å²) >= 11 is 0. The number of carboxylic acid groups (broad SMARTS) is 1. The number of rotatable bonds is 6. The van der Waals surface area contributed by atoms with Gasteiger partial charge in [-0.1, -0.05) is 13.8 Å². The molecular formula is C7H16NO5P. The van der Waals surface area contributed by atoms with Crippen LogP contribution in [0.2, 0.25) is 0 Å². The third-order valence-electron chi connectivity index (χ3n) is 1.37. The number of aliphatic carboxylic acids is 1. The zero-order valence-electron chi connectivity index (χ0n) is 8.25. The van der Waals surface area contributed by atoms with Gasteiger partial charge in [0.1, 0.15) is 6.29 Å². The molecule has 0 unspecified atom stereocenters. The van der Waals surface area contributed by atoms with Crippen LogP contribution in [0.1, 0.15) is 13.8 Å². The van der Waals surface area contributed by atoms with Gasteiger partial charge in [0.05, 0.1) is 6.54 Å². The summed E-state index contributed by atoms with van der Waals surface area (Å²) in [5, 5.41) is 8.50. The number of hydrogen-bond acceptors (Lipinski definition) is 3. The molecule has 84 valence electrons. The molecule has 0 aromatic carbocycles. The summed E-state index contributed by atoms with van der Waals surface area (Å²) in [6, 6.07) is 0. The molecular weight excluding hydrogens is 209 g/mol. The summed E-state index contributed by atoms with van der Waals surface area (Å²) in [4.78, 5) is 29.0. The van der Waals surface area contributed by atoms with E-state index in [4.69, 9.17) is 14.9 Å². The minimum atomic E-state index is -4.17. The second-order valence-corrected chi connectivity index (χ2v) is 5.22. The average Bonchev–Trinajstić information content (AvgIpc) is 1.77. The second-order valence-electron chi connectivity index (χ2n) is 3.61. The molecule has 0 bridgehead atoms. The predicted octanol–water partition coefficient (Wildman–Crippen LogP) is 0.164. The van der Waals surface area contributed by atoms with E-state index >= 15 is 0 Å². The van der Waals surface area contributed by atoms with Crippen molar-refractivity contribution in [2.75, 3.05) is 19.4 Å². The minimum absolute atomic E-state index is 0.167. The Hall–Kier alpha value is -0.420.